The van der Waals surface area contributed by atoms with Crippen molar-refractivity contribution in [2.75, 3.05) is 12.0 Å². The van der Waals surface area contributed by atoms with Crippen molar-refractivity contribution in [3.8, 4) is 5.75 Å². The van der Waals surface area contributed by atoms with Gasteiger partial charge in [-0.2, -0.15) is 0 Å². The minimum atomic E-state index is -3.83. The Labute approximate surface area is 174 Å². The quantitative estimate of drug-likeness (QED) is 0.681. The van der Waals surface area contributed by atoms with Crippen LogP contribution in [0.15, 0.2) is 53.4 Å². The Morgan fingerprint density at radius 2 is 1.73 bits per heavy atom. The molecule has 2 aromatic carbocycles. The molecule has 3 amide bonds. The predicted molar refractivity (Wildman–Crippen MR) is 108 cm³/mol. The number of benzene rings is 2. The number of sulfonamides is 1. The van der Waals surface area contributed by atoms with E-state index >= 15 is 0 Å². The smallest absolute Gasteiger partial charge is 0.257 e. The third-order valence-corrected chi connectivity index (χ3v) is 5.77. The van der Waals surface area contributed by atoms with Crippen molar-refractivity contribution < 1.29 is 27.5 Å². The molecule has 0 spiro atoms. The molecular formula is C20H21N3O6S. The average molecular weight is 431 g/mol. The van der Waals surface area contributed by atoms with Gasteiger partial charge in [0.1, 0.15) is 11.8 Å². The van der Waals surface area contributed by atoms with Gasteiger partial charge in [0.2, 0.25) is 21.8 Å². The summed E-state index contributed by atoms with van der Waals surface area (Å²) < 4.78 is 27.9. The number of nitrogens with zero attached hydrogens (tertiary/aromatic N) is 2. The highest BCUT2D eigenvalue weighted by molar-refractivity contribution is 7.89. The zero-order valence-electron chi connectivity index (χ0n) is 16.4. The SMILES string of the molecule is COc1ccc(N2C(=O)C[C@H](N(Cc3ccc(S(N)(=O)=O)cc3)C(C)=O)C2=O)cc1. The minimum Gasteiger partial charge on any atom is -0.497 e. The van der Waals surface area contributed by atoms with Crippen LogP contribution in [0.25, 0.3) is 0 Å². The molecule has 0 radical (unpaired) electrons. The fourth-order valence-electron chi connectivity index (χ4n) is 3.28. The number of amides is 3. The molecule has 2 N–H and O–H groups in total. The fourth-order valence-corrected chi connectivity index (χ4v) is 3.80. The van der Waals surface area contributed by atoms with E-state index in [0.29, 0.717) is 17.0 Å². The zero-order chi connectivity index (χ0) is 22.1. The van der Waals surface area contributed by atoms with Crippen molar-refractivity contribution in [1.29, 1.82) is 0 Å². The van der Waals surface area contributed by atoms with Crippen molar-refractivity contribution in [3.63, 3.8) is 0 Å². The Morgan fingerprint density at radius 1 is 1.13 bits per heavy atom. The molecule has 0 saturated carbocycles. The second-order valence-corrected chi connectivity index (χ2v) is 8.38. The first kappa shape index (κ1) is 21.5. The molecule has 1 aliphatic heterocycles. The van der Waals surface area contributed by atoms with Gasteiger partial charge in [0.15, 0.2) is 0 Å². The summed E-state index contributed by atoms with van der Waals surface area (Å²) >= 11 is 0. The van der Waals surface area contributed by atoms with Gasteiger partial charge < -0.3 is 9.64 Å². The van der Waals surface area contributed by atoms with Gasteiger partial charge in [0, 0.05) is 13.5 Å². The van der Waals surface area contributed by atoms with Crippen LogP contribution in [-0.2, 0) is 31.0 Å². The van der Waals surface area contributed by atoms with Crippen LogP contribution < -0.4 is 14.8 Å². The maximum absolute atomic E-state index is 13.0. The molecule has 1 saturated heterocycles. The summed E-state index contributed by atoms with van der Waals surface area (Å²) in [6, 6.07) is 11.2. The normalized spacial score (nSPS) is 16.6. The number of rotatable bonds is 6. The third-order valence-electron chi connectivity index (χ3n) is 4.84. The fraction of sp³-hybridized carbons (Fsp3) is 0.250. The zero-order valence-corrected chi connectivity index (χ0v) is 17.3. The highest BCUT2D eigenvalue weighted by atomic mass is 32.2. The number of hydrogen-bond acceptors (Lipinski definition) is 6. The molecule has 3 rings (SSSR count). The van der Waals surface area contributed by atoms with Gasteiger partial charge in [-0.15, -0.1) is 0 Å². The van der Waals surface area contributed by atoms with Gasteiger partial charge in [0.05, 0.1) is 24.1 Å². The van der Waals surface area contributed by atoms with Crippen LogP contribution in [0.4, 0.5) is 5.69 Å². The molecule has 0 unspecified atom stereocenters. The highest BCUT2D eigenvalue weighted by Gasteiger charge is 2.43. The van der Waals surface area contributed by atoms with E-state index in [0.717, 1.165) is 4.90 Å². The van der Waals surface area contributed by atoms with Crippen LogP contribution in [0.1, 0.15) is 18.9 Å². The summed E-state index contributed by atoms with van der Waals surface area (Å²) in [4.78, 5) is 40.1. The number of primary sulfonamides is 1. The summed E-state index contributed by atoms with van der Waals surface area (Å²) in [7, 11) is -2.32. The van der Waals surface area contributed by atoms with Crippen molar-refractivity contribution >= 4 is 33.4 Å². The van der Waals surface area contributed by atoms with Crippen LogP contribution in [0, 0.1) is 0 Å². The van der Waals surface area contributed by atoms with Gasteiger partial charge in [-0.1, -0.05) is 12.1 Å². The predicted octanol–water partition coefficient (Wildman–Crippen LogP) is 1.02. The van der Waals surface area contributed by atoms with E-state index in [2.05, 4.69) is 0 Å². The number of carbonyl (C=O) groups is 3. The molecule has 158 valence electrons. The van der Waals surface area contributed by atoms with Crippen molar-refractivity contribution in [1.82, 2.24) is 4.90 Å². The van der Waals surface area contributed by atoms with E-state index in [1.54, 1.807) is 24.3 Å². The standard InChI is InChI=1S/C20H21N3O6S/c1-13(24)22(12-14-3-9-17(10-4-14)30(21,27)28)18-11-19(25)23(20(18)26)15-5-7-16(29-2)8-6-15/h3-10,18H,11-12H2,1-2H3,(H2,21,27,28)/t18-/m0/s1. The van der Waals surface area contributed by atoms with Crippen LogP contribution in [0.2, 0.25) is 0 Å². The monoisotopic (exact) mass is 431 g/mol. The minimum absolute atomic E-state index is 0.0420. The van der Waals surface area contributed by atoms with E-state index in [-0.39, 0.29) is 23.8 Å². The second kappa shape index (κ2) is 8.25. The molecule has 1 atom stereocenters. The first-order valence-corrected chi connectivity index (χ1v) is 10.6. The summed E-state index contributed by atoms with van der Waals surface area (Å²) in [5, 5.41) is 5.09. The molecule has 1 fully saturated rings. The lowest BCUT2D eigenvalue weighted by Crippen LogP contribution is -2.44. The lowest BCUT2D eigenvalue weighted by Gasteiger charge is -2.26. The number of carbonyl (C=O) groups excluding carboxylic acids is 3. The van der Waals surface area contributed by atoms with Gasteiger partial charge in [-0.25, -0.2) is 18.5 Å². The van der Waals surface area contributed by atoms with Gasteiger partial charge in [-0.3, -0.25) is 14.4 Å². The Balaban J connectivity index is 1.83. The van der Waals surface area contributed by atoms with Crippen molar-refractivity contribution in [2.45, 2.75) is 30.8 Å². The Kier molecular flexibility index (Phi) is 5.90. The summed E-state index contributed by atoms with van der Waals surface area (Å²) in [5.41, 5.74) is 0.995. The molecule has 30 heavy (non-hydrogen) atoms. The number of imide groups is 1. The first-order valence-electron chi connectivity index (χ1n) is 9.01. The van der Waals surface area contributed by atoms with Crippen molar-refractivity contribution in [2.24, 2.45) is 5.14 Å². The van der Waals surface area contributed by atoms with E-state index < -0.39 is 27.9 Å². The molecular weight excluding hydrogens is 410 g/mol. The molecule has 0 bridgehead atoms. The highest BCUT2D eigenvalue weighted by Crippen LogP contribution is 2.28. The number of ether oxygens (including phenoxy) is 1. The third kappa shape index (κ3) is 4.34. The molecule has 10 heteroatoms. The van der Waals surface area contributed by atoms with Crippen molar-refractivity contribution in [3.05, 3.63) is 54.1 Å². The second-order valence-electron chi connectivity index (χ2n) is 6.82. The van der Waals surface area contributed by atoms with Gasteiger partial charge >= 0.3 is 0 Å². The van der Waals surface area contributed by atoms with Crippen LogP contribution in [0.3, 0.4) is 0 Å². The molecule has 0 aromatic heterocycles. The molecule has 1 aliphatic rings. The first-order chi connectivity index (χ1) is 14.1. The average Bonchev–Trinajstić information content (AvgIpc) is 2.99. The van der Waals surface area contributed by atoms with E-state index in [1.165, 1.54) is 43.2 Å². The summed E-state index contributed by atoms with van der Waals surface area (Å²) in [5.74, 6) is -0.705. The lowest BCUT2D eigenvalue weighted by molar-refractivity contribution is -0.137. The lowest BCUT2D eigenvalue weighted by atomic mass is 10.1. The Morgan fingerprint density at radius 3 is 2.23 bits per heavy atom. The van der Waals surface area contributed by atoms with E-state index in [1.807, 2.05) is 0 Å². The topological polar surface area (TPSA) is 127 Å². The van der Waals surface area contributed by atoms with E-state index in [4.69, 9.17) is 9.88 Å². The number of nitrogens with two attached hydrogens (primary N) is 1. The molecule has 1 heterocycles. The molecule has 2 aromatic rings. The van der Waals surface area contributed by atoms with Crippen LogP contribution in [-0.4, -0.2) is 44.2 Å². The van der Waals surface area contributed by atoms with E-state index in [9.17, 15) is 22.8 Å². The van der Waals surface area contributed by atoms with Crippen LogP contribution >= 0.6 is 0 Å². The summed E-state index contributed by atoms with van der Waals surface area (Å²) in [6.45, 7) is 1.35. The van der Waals surface area contributed by atoms with Gasteiger partial charge in [0.25, 0.3) is 5.91 Å². The molecule has 0 aliphatic carbocycles. The molecule has 9 nitrogen and oxygen atoms in total. The Hall–Kier alpha value is -3.24. The Bertz CT molecular complexity index is 1080. The van der Waals surface area contributed by atoms with Gasteiger partial charge in [-0.05, 0) is 42.0 Å². The largest absolute Gasteiger partial charge is 0.497 e. The number of anilines is 1. The number of hydrogen-bond donors (Lipinski definition) is 1. The maximum Gasteiger partial charge on any atom is 0.257 e. The van der Waals surface area contributed by atoms with Crippen LogP contribution in [0.5, 0.6) is 5.75 Å². The summed E-state index contributed by atoms with van der Waals surface area (Å²) in [6.07, 6.45) is -0.139. The number of methoxy groups -OCH3 is 1. The maximum atomic E-state index is 13.0.